The van der Waals surface area contributed by atoms with E-state index in [1.54, 1.807) is 11.5 Å². The first-order valence-corrected chi connectivity index (χ1v) is 5.13. The van der Waals surface area contributed by atoms with Gasteiger partial charge in [0.1, 0.15) is 5.82 Å². The van der Waals surface area contributed by atoms with E-state index >= 15 is 0 Å². The average Bonchev–Trinajstić information content (AvgIpc) is 2.48. The molecule has 0 aliphatic rings. The van der Waals surface area contributed by atoms with Crippen LogP contribution < -0.4 is 0 Å². The molecule has 0 fully saturated rings. The van der Waals surface area contributed by atoms with Gasteiger partial charge in [-0.15, -0.1) is 10.2 Å². The lowest BCUT2D eigenvalue weighted by atomic mass is 10.2. The topological polar surface area (TPSA) is 57.0 Å². The van der Waals surface area contributed by atoms with Crippen molar-refractivity contribution in [1.29, 1.82) is 0 Å². The zero-order chi connectivity index (χ0) is 11.4. The molecule has 0 aromatic carbocycles. The molecule has 0 unspecified atom stereocenters. The number of hydrogen-bond acceptors (Lipinski definition) is 4. The maximum atomic E-state index is 11.5. The summed E-state index contributed by atoms with van der Waals surface area (Å²) in [5.74, 6) is 1.07. The third-order valence-electron chi connectivity index (χ3n) is 1.94. The van der Waals surface area contributed by atoms with Crippen molar-refractivity contribution >= 4 is 5.97 Å². The first-order chi connectivity index (χ1) is 7.06. The number of ether oxygens (including phenoxy) is 1. The Hall–Kier alpha value is -1.39. The van der Waals surface area contributed by atoms with Crippen molar-refractivity contribution in [3.8, 4) is 0 Å². The van der Waals surface area contributed by atoms with Crippen LogP contribution in [0.5, 0.6) is 0 Å². The number of carbonyl (C=O) groups excluding carboxylic acids is 1. The SMILES string of the molecule is CCOC(=O)c1nnc(C)n1CC(C)C. The van der Waals surface area contributed by atoms with E-state index < -0.39 is 5.97 Å². The molecule has 0 aliphatic carbocycles. The summed E-state index contributed by atoms with van der Waals surface area (Å²) in [6.45, 7) is 8.84. The van der Waals surface area contributed by atoms with Crippen LogP contribution in [0.25, 0.3) is 0 Å². The normalized spacial score (nSPS) is 10.7. The van der Waals surface area contributed by atoms with Crippen molar-refractivity contribution in [2.24, 2.45) is 5.92 Å². The van der Waals surface area contributed by atoms with Crippen molar-refractivity contribution < 1.29 is 9.53 Å². The molecule has 0 atom stereocenters. The van der Waals surface area contributed by atoms with Gasteiger partial charge in [-0.1, -0.05) is 13.8 Å². The molecule has 0 saturated carbocycles. The zero-order valence-corrected chi connectivity index (χ0v) is 9.65. The predicted molar refractivity (Wildman–Crippen MR) is 55.6 cm³/mol. The lowest BCUT2D eigenvalue weighted by molar-refractivity contribution is 0.0504. The molecule has 0 spiro atoms. The van der Waals surface area contributed by atoms with E-state index in [4.69, 9.17) is 4.74 Å². The fraction of sp³-hybridized carbons (Fsp3) is 0.700. The quantitative estimate of drug-likeness (QED) is 0.707. The Morgan fingerprint density at radius 3 is 2.67 bits per heavy atom. The summed E-state index contributed by atoms with van der Waals surface area (Å²) in [5, 5.41) is 7.71. The Balaban J connectivity index is 2.92. The summed E-state index contributed by atoms with van der Waals surface area (Å²) >= 11 is 0. The van der Waals surface area contributed by atoms with Crippen LogP contribution in [0.2, 0.25) is 0 Å². The maximum absolute atomic E-state index is 11.5. The number of aromatic nitrogens is 3. The summed E-state index contributed by atoms with van der Waals surface area (Å²) in [4.78, 5) is 11.5. The highest BCUT2D eigenvalue weighted by atomic mass is 16.5. The molecule has 0 bridgehead atoms. The van der Waals surface area contributed by atoms with E-state index in [0.29, 0.717) is 18.3 Å². The standard InChI is InChI=1S/C10H17N3O2/c1-5-15-10(14)9-12-11-8(4)13(9)6-7(2)3/h7H,5-6H2,1-4H3. The summed E-state index contributed by atoms with van der Waals surface area (Å²) in [6.07, 6.45) is 0. The molecule has 5 nitrogen and oxygen atoms in total. The van der Waals surface area contributed by atoms with Crippen molar-refractivity contribution in [2.45, 2.75) is 34.2 Å². The van der Waals surface area contributed by atoms with Gasteiger partial charge in [-0.3, -0.25) is 0 Å². The molecule has 0 amide bonds. The number of esters is 1. The van der Waals surface area contributed by atoms with E-state index in [9.17, 15) is 4.79 Å². The Kier molecular flexibility index (Phi) is 3.82. The van der Waals surface area contributed by atoms with Gasteiger partial charge in [0.2, 0.25) is 5.82 Å². The smallest absolute Gasteiger partial charge is 0.376 e. The molecule has 5 heteroatoms. The van der Waals surface area contributed by atoms with E-state index in [1.807, 2.05) is 6.92 Å². The molecule has 1 rings (SSSR count). The summed E-state index contributed by atoms with van der Waals surface area (Å²) in [7, 11) is 0. The predicted octanol–water partition coefficient (Wildman–Crippen LogP) is 1.42. The molecular weight excluding hydrogens is 194 g/mol. The first kappa shape index (κ1) is 11.7. The van der Waals surface area contributed by atoms with Gasteiger partial charge in [0.15, 0.2) is 0 Å². The lowest BCUT2D eigenvalue weighted by Crippen LogP contribution is -2.16. The van der Waals surface area contributed by atoms with Gasteiger partial charge in [-0.05, 0) is 19.8 Å². The average molecular weight is 211 g/mol. The van der Waals surface area contributed by atoms with Crippen LogP contribution in [0, 0.1) is 12.8 Å². The van der Waals surface area contributed by atoms with Gasteiger partial charge in [-0.25, -0.2) is 4.79 Å². The van der Waals surface area contributed by atoms with E-state index in [1.165, 1.54) is 0 Å². The second-order valence-corrected chi connectivity index (χ2v) is 3.80. The minimum absolute atomic E-state index is 0.294. The number of carbonyl (C=O) groups is 1. The second kappa shape index (κ2) is 4.91. The second-order valence-electron chi connectivity index (χ2n) is 3.80. The molecule has 1 aromatic heterocycles. The monoisotopic (exact) mass is 211 g/mol. The number of rotatable bonds is 4. The number of aryl methyl sites for hydroxylation is 1. The van der Waals surface area contributed by atoms with Crippen LogP contribution in [0.15, 0.2) is 0 Å². The minimum atomic E-state index is -0.404. The van der Waals surface area contributed by atoms with Crippen LogP contribution in [-0.4, -0.2) is 27.3 Å². The highest BCUT2D eigenvalue weighted by Crippen LogP contribution is 2.07. The van der Waals surface area contributed by atoms with Gasteiger partial charge in [0.25, 0.3) is 0 Å². The fourth-order valence-corrected chi connectivity index (χ4v) is 1.31. The van der Waals surface area contributed by atoms with E-state index in [2.05, 4.69) is 24.0 Å². The fourth-order valence-electron chi connectivity index (χ4n) is 1.31. The van der Waals surface area contributed by atoms with Gasteiger partial charge in [-0.2, -0.15) is 0 Å². The van der Waals surface area contributed by atoms with Crippen LogP contribution in [0.4, 0.5) is 0 Å². The zero-order valence-electron chi connectivity index (χ0n) is 9.65. The van der Waals surface area contributed by atoms with Crippen LogP contribution in [0.3, 0.4) is 0 Å². The Morgan fingerprint density at radius 1 is 1.47 bits per heavy atom. The largest absolute Gasteiger partial charge is 0.460 e. The lowest BCUT2D eigenvalue weighted by Gasteiger charge is -2.09. The van der Waals surface area contributed by atoms with Gasteiger partial charge >= 0.3 is 5.97 Å². The third kappa shape index (κ3) is 2.78. The first-order valence-electron chi connectivity index (χ1n) is 5.13. The van der Waals surface area contributed by atoms with Crippen molar-refractivity contribution in [3.05, 3.63) is 11.6 Å². The Bertz CT molecular complexity index is 344. The summed E-state index contributed by atoms with van der Waals surface area (Å²) in [6, 6.07) is 0. The molecule has 1 heterocycles. The Labute approximate surface area is 89.5 Å². The van der Waals surface area contributed by atoms with Gasteiger partial charge < -0.3 is 9.30 Å². The van der Waals surface area contributed by atoms with Gasteiger partial charge in [0.05, 0.1) is 6.61 Å². The number of nitrogens with zero attached hydrogens (tertiary/aromatic N) is 3. The number of hydrogen-bond donors (Lipinski definition) is 0. The molecule has 84 valence electrons. The highest BCUT2D eigenvalue weighted by molar-refractivity contribution is 5.85. The van der Waals surface area contributed by atoms with Crippen molar-refractivity contribution in [3.63, 3.8) is 0 Å². The molecular formula is C10H17N3O2. The summed E-state index contributed by atoms with van der Waals surface area (Å²) in [5.41, 5.74) is 0. The van der Waals surface area contributed by atoms with E-state index in [0.717, 1.165) is 12.4 Å². The molecule has 0 radical (unpaired) electrons. The van der Waals surface area contributed by atoms with Crippen molar-refractivity contribution in [1.82, 2.24) is 14.8 Å². The molecule has 0 saturated heterocycles. The molecule has 15 heavy (non-hydrogen) atoms. The Morgan fingerprint density at radius 2 is 2.13 bits per heavy atom. The van der Waals surface area contributed by atoms with Crippen LogP contribution in [-0.2, 0) is 11.3 Å². The molecule has 1 aromatic rings. The highest BCUT2D eigenvalue weighted by Gasteiger charge is 2.18. The van der Waals surface area contributed by atoms with Crippen molar-refractivity contribution in [2.75, 3.05) is 6.61 Å². The maximum Gasteiger partial charge on any atom is 0.376 e. The van der Waals surface area contributed by atoms with Crippen LogP contribution >= 0.6 is 0 Å². The molecule has 0 aliphatic heterocycles. The third-order valence-corrected chi connectivity index (χ3v) is 1.94. The van der Waals surface area contributed by atoms with E-state index in [-0.39, 0.29) is 0 Å². The van der Waals surface area contributed by atoms with Gasteiger partial charge in [0, 0.05) is 6.54 Å². The minimum Gasteiger partial charge on any atom is -0.460 e. The molecule has 0 N–H and O–H groups in total. The van der Waals surface area contributed by atoms with Crippen LogP contribution in [0.1, 0.15) is 37.2 Å². The summed E-state index contributed by atoms with van der Waals surface area (Å²) < 4.78 is 6.70.